The van der Waals surface area contributed by atoms with Gasteiger partial charge in [0, 0.05) is 18.5 Å². The lowest BCUT2D eigenvalue weighted by Crippen LogP contribution is -2.45. The number of rotatable bonds is 8. The summed E-state index contributed by atoms with van der Waals surface area (Å²) in [6, 6.07) is 11.7. The third kappa shape index (κ3) is 5.31. The number of amides is 1. The van der Waals surface area contributed by atoms with E-state index in [1.807, 2.05) is 31.2 Å². The zero-order valence-corrected chi connectivity index (χ0v) is 17.4. The zero-order chi connectivity index (χ0) is 21.7. The molecular formula is C21H22FN3O4S. The minimum absolute atomic E-state index is 0.241. The molecule has 0 spiro atoms. The van der Waals surface area contributed by atoms with Gasteiger partial charge in [-0.1, -0.05) is 29.8 Å². The van der Waals surface area contributed by atoms with E-state index in [9.17, 15) is 17.6 Å². The fraction of sp³-hybridized carbons (Fsp3) is 0.238. The van der Waals surface area contributed by atoms with Gasteiger partial charge < -0.3 is 9.73 Å². The lowest BCUT2D eigenvalue weighted by atomic mass is 10.1. The van der Waals surface area contributed by atoms with Crippen LogP contribution < -0.4 is 10.0 Å². The van der Waals surface area contributed by atoms with Crippen molar-refractivity contribution < 1.29 is 22.0 Å². The van der Waals surface area contributed by atoms with Crippen LogP contribution in [0.2, 0.25) is 0 Å². The van der Waals surface area contributed by atoms with Gasteiger partial charge in [-0.25, -0.2) is 17.8 Å². The number of halogens is 1. The molecule has 2 N–H and O–H groups in total. The van der Waals surface area contributed by atoms with Gasteiger partial charge in [0.15, 0.2) is 0 Å². The Morgan fingerprint density at radius 1 is 1.17 bits per heavy atom. The highest BCUT2D eigenvalue weighted by Crippen LogP contribution is 2.19. The molecule has 3 rings (SSSR count). The summed E-state index contributed by atoms with van der Waals surface area (Å²) in [6.07, 6.45) is 1.93. The molecule has 30 heavy (non-hydrogen) atoms. The van der Waals surface area contributed by atoms with Gasteiger partial charge in [-0.05, 0) is 38.1 Å². The number of carbonyl (C=O) groups is 1. The molecule has 3 aromatic rings. The van der Waals surface area contributed by atoms with E-state index in [4.69, 9.17) is 4.42 Å². The Morgan fingerprint density at radius 3 is 2.57 bits per heavy atom. The fourth-order valence-electron chi connectivity index (χ4n) is 2.73. The molecule has 1 atom stereocenters. The van der Waals surface area contributed by atoms with Crippen LogP contribution >= 0.6 is 0 Å². The monoisotopic (exact) mass is 431 g/mol. The summed E-state index contributed by atoms with van der Waals surface area (Å²) in [5.41, 5.74) is 2.64. The summed E-state index contributed by atoms with van der Waals surface area (Å²) in [5.74, 6) is -0.924. The fourth-order valence-corrected chi connectivity index (χ4v) is 4.01. The second-order valence-corrected chi connectivity index (χ2v) is 8.51. The maximum Gasteiger partial charge on any atom is 0.244 e. The van der Waals surface area contributed by atoms with Crippen molar-refractivity contribution in [3.8, 4) is 11.5 Å². The largest absolute Gasteiger partial charge is 0.444 e. The molecule has 7 nitrogen and oxygen atoms in total. The first-order valence-corrected chi connectivity index (χ1v) is 10.8. The lowest BCUT2D eigenvalue weighted by Gasteiger charge is -2.14. The average Bonchev–Trinajstić information content (AvgIpc) is 3.17. The zero-order valence-electron chi connectivity index (χ0n) is 16.6. The third-order valence-corrected chi connectivity index (χ3v) is 5.96. The third-order valence-electron chi connectivity index (χ3n) is 4.38. The summed E-state index contributed by atoms with van der Waals surface area (Å²) < 4.78 is 45.9. The van der Waals surface area contributed by atoms with E-state index in [1.54, 1.807) is 0 Å². The van der Waals surface area contributed by atoms with E-state index in [0.29, 0.717) is 18.0 Å². The van der Waals surface area contributed by atoms with Crippen molar-refractivity contribution in [1.82, 2.24) is 15.0 Å². The number of hydrogen-bond acceptors (Lipinski definition) is 5. The molecule has 0 aliphatic carbocycles. The van der Waals surface area contributed by atoms with Crippen molar-refractivity contribution in [3.05, 3.63) is 71.9 Å². The topological polar surface area (TPSA) is 101 Å². The molecule has 1 amide bonds. The van der Waals surface area contributed by atoms with E-state index in [1.165, 1.54) is 25.3 Å². The number of benzene rings is 2. The first-order valence-electron chi connectivity index (χ1n) is 9.32. The summed E-state index contributed by atoms with van der Waals surface area (Å²) in [6.45, 7) is 3.62. The molecule has 0 aliphatic rings. The number of hydrogen-bond donors (Lipinski definition) is 2. The molecule has 0 saturated heterocycles. The number of nitrogens with zero attached hydrogens (tertiary/aromatic N) is 1. The van der Waals surface area contributed by atoms with Crippen LogP contribution in [0, 0.1) is 12.7 Å². The number of aryl methyl sites for hydroxylation is 1. The molecule has 0 aliphatic heterocycles. The summed E-state index contributed by atoms with van der Waals surface area (Å²) in [5, 5.41) is 2.63. The van der Waals surface area contributed by atoms with Gasteiger partial charge in [-0.3, -0.25) is 4.79 Å². The van der Waals surface area contributed by atoms with E-state index in [2.05, 4.69) is 15.0 Å². The van der Waals surface area contributed by atoms with Crippen LogP contribution in [0.4, 0.5) is 4.39 Å². The molecule has 0 radical (unpaired) electrons. The number of oxazole rings is 1. The predicted octanol–water partition coefficient (Wildman–Crippen LogP) is 2.81. The van der Waals surface area contributed by atoms with Crippen LogP contribution in [-0.4, -0.2) is 31.9 Å². The van der Waals surface area contributed by atoms with Gasteiger partial charge in [0.2, 0.25) is 21.8 Å². The Balaban J connectivity index is 1.52. The second-order valence-electron chi connectivity index (χ2n) is 6.82. The van der Waals surface area contributed by atoms with Gasteiger partial charge >= 0.3 is 0 Å². The molecule has 9 heteroatoms. The molecule has 2 aromatic carbocycles. The number of nitrogens with one attached hydrogen (secondary N) is 2. The molecule has 0 bridgehead atoms. The Kier molecular flexibility index (Phi) is 6.63. The highest BCUT2D eigenvalue weighted by Gasteiger charge is 2.24. The average molecular weight is 431 g/mol. The van der Waals surface area contributed by atoms with Crippen molar-refractivity contribution in [3.63, 3.8) is 0 Å². The van der Waals surface area contributed by atoms with Crippen LogP contribution in [0.3, 0.4) is 0 Å². The van der Waals surface area contributed by atoms with Crippen molar-refractivity contribution in [1.29, 1.82) is 0 Å². The Morgan fingerprint density at radius 2 is 1.87 bits per heavy atom. The van der Waals surface area contributed by atoms with Gasteiger partial charge in [-0.2, -0.15) is 4.72 Å². The highest BCUT2D eigenvalue weighted by molar-refractivity contribution is 7.89. The van der Waals surface area contributed by atoms with Crippen molar-refractivity contribution >= 4 is 15.9 Å². The smallest absolute Gasteiger partial charge is 0.244 e. The van der Waals surface area contributed by atoms with Crippen LogP contribution in [-0.2, 0) is 21.2 Å². The van der Waals surface area contributed by atoms with Crippen molar-refractivity contribution in [2.45, 2.75) is 31.2 Å². The molecule has 158 valence electrons. The SMILES string of the molecule is Cc1ccc(-c2nc(CCNC(=O)[C@H](C)NS(=O)(=O)c3ccccc3F)co2)cc1. The van der Waals surface area contributed by atoms with Crippen LogP contribution in [0.1, 0.15) is 18.2 Å². The van der Waals surface area contributed by atoms with Crippen molar-refractivity contribution in [2.75, 3.05) is 6.54 Å². The molecule has 1 aromatic heterocycles. The van der Waals surface area contributed by atoms with E-state index < -0.39 is 32.7 Å². The Labute approximate surface area is 174 Å². The van der Waals surface area contributed by atoms with E-state index in [-0.39, 0.29) is 6.54 Å². The van der Waals surface area contributed by atoms with E-state index >= 15 is 0 Å². The number of aromatic nitrogens is 1. The maximum absolute atomic E-state index is 13.7. The van der Waals surface area contributed by atoms with E-state index in [0.717, 1.165) is 23.3 Å². The number of carbonyl (C=O) groups excluding carboxylic acids is 1. The molecule has 0 saturated carbocycles. The van der Waals surface area contributed by atoms with Gasteiger partial charge in [0.05, 0.1) is 11.7 Å². The van der Waals surface area contributed by atoms with Crippen LogP contribution in [0.25, 0.3) is 11.5 Å². The first kappa shape index (κ1) is 21.7. The van der Waals surface area contributed by atoms with Gasteiger partial charge in [0.1, 0.15) is 17.0 Å². The Bertz CT molecular complexity index is 1130. The number of sulfonamides is 1. The summed E-state index contributed by atoms with van der Waals surface area (Å²) >= 11 is 0. The quantitative estimate of drug-likeness (QED) is 0.571. The molecule has 0 fully saturated rings. The highest BCUT2D eigenvalue weighted by atomic mass is 32.2. The lowest BCUT2D eigenvalue weighted by molar-refractivity contribution is -0.122. The summed E-state index contributed by atoms with van der Waals surface area (Å²) in [7, 11) is -4.16. The molecule has 0 unspecified atom stereocenters. The minimum Gasteiger partial charge on any atom is -0.444 e. The van der Waals surface area contributed by atoms with Crippen LogP contribution in [0.5, 0.6) is 0 Å². The standard InChI is InChI=1S/C21H22FN3O4S/c1-14-7-9-16(10-8-14)21-24-17(13-29-21)11-12-23-20(26)15(2)25-30(27,28)19-6-4-3-5-18(19)22/h3-10,13,15,25H,11-12H2,1-2H3,(H,23,26)/t15-/m0/s1. The Hall–Kier alpha value is -3.04. The predicted molar refractivity (Wildman–Crippen MR) is 110 cm³/mol. The van der Waals surface area contributed by atoms with Crippen molar-refractivity contribution in [2.24, 2.45) is 0 Å². The van der Waals surface area contributed by atoms with Crippen LogP contribution in [0.15, 0.2) is 64.1 Å². The van der Waals surface area contributed by atoms with Gasteiger partial charge in [0.25, 0.3) is 0 Å². The second kappa shape index (κ2) is 9.19. The maximum atomic E-state index is 13.7. The normalized spacial score (nSPS) is 12.5. The van der Waals surface area contributed by atoms with Gasteiger partial charge in [-0.15, -0.1) is 0 Å². The molecule has 1 heterocycles. The first-order chi connectivity index (χ1) is 14.3. The minimum atomic E-state index is -4.16. The molecular weight excluding hydrogens is 409 g/mol. The summed E-state index contributed by atoms with van der Waals surface area (Å²) in [4.78, 5) is 16.1.